The van der Waals surface area contributed by atoms with Crippen LogP contribution in [0.4, 0.5) is 0 Å². The van der Waals surface area contributed by atoms with Crippen LogP contribution in [0.3, 0.4) is 0 Å². The predicted molar refractivity (Wildman–Crippen MR) is 120 cm³/mol. The number of rotatable bonds is 7. The highest BCUT2D eigenvalue weighted by molar-refractivity contribution is 6.51. The van der Waals surface area contributed by atoms with Gasteiger partial charge in [-0.15, -0.1) is 0 Å². The molecule has 2 N–H and O–H groups in total. The molecule has 32 heavy (non-hydrogen) atoms. The van der Waals surface area contributed by atoms with E-state index in [0.717, 1.165) is 0 Å². The van der Waals surface area contributed by atoms with Crippen LogP contribution in [0.15, 0.2) is 18.2 Å². The van der Waals surface area contributed by atoms with Gasteiger partial charge in [0.15, 0.2) is 0 Å². The molecule has 1 aliphatic rings. The molecular weight excluding hydrogens is 460 g/mol. The zero-order chi connectivity index (χ0) is 24.0. The molecule has 0 unspecified atom stereocenters. The highest BCUT2D eigenvalue weighted by Gasteiger charge is 2.42. The standard InChI is InChI=1S/C20H26BCl2N3O6/c1-11(2)7-16(21-31-18(28)10-26(4)12(3)20(30)32-21)25-17(27)9-24-19(29)14-8-13(22)5-6-15(14)23/h5-6,8,11-12,16H,7,9-10H2,1-4H3,(H,24,29)(H,25,27)/t12-,16-/m0/s1. The van der Waals surface area contributed by atoms with Crippen molar-refractivity contribution < 1.29 is 28.5 Å². The first-order valence-electron chi connectivity index (χ1n) is 10.1. The third-order valence-electron chi connectivity index (χ3n) is 4.84. The minimum atomic E-state index is -1.28. The van der Waals surface area contributed by atoms with Gasteiger partial charge >= 0.3 is 19.1 Å². The van der Waals surface area contributed by atoms with E-state index in [4.69, 9.17) is 32.5 Å². The summed E-state index contributed by atoms with van der Waals surface area (Å²) < 4.78 is 10.7. The molecule has 9 nitrogen and oxygen atoms in total. The third kappa shape index (κ3) is 7.39. The minimum absolute atomic E-state index is 0.0862. The number of amides is 2. The molecule has 1 aromatic rings. The lowest BCUT2D eigenvalue weighted by Gasteiger charge is -2.31. The van der Waals surface area contributed by atoms with Gasteiger partial charge in [-0.25, -0.2) is 0 Å². The number of halogens is 2. The van der Waals surface area contributed by atoms with Crippen molar-refractivity contribution in [1.82, 2.24) is 15.5 Å². The molecule has 1 heterocycles. The van der Waals surface area contributed by atoms with E-state index in [1.165, 1.54) is 17.0 Å². The summed E-state index contributed by atoms with van der Waals surface area (Å²) in [6.07, 6.45) is 0.370. The van der Waals surface area contributed by atoms with Crippen LogP contribution < -0.4 is 10.6 Å². The summed E-state index contributed by atoms with van der Waals surface area (Å²) in [5.41, 5.74) is 0.131. The van der Waals surface area contributed by atoms with Crippen molar-refractivity contribution in [3.8, 4) is 0 Å². The largest absolute Gasteiger partial charge is 0.622 e. The number of carbonyl (C=O) groups is 4. The summed E-state index contributed by atoms with van der Waals surface area (Å²) in [5, 5.41) is 5.67. The van der Waals surface area contributed by atoms with Crippen LogP contribution in [0.25, 0.3) is 0 Å². The van der Waals surface area contributed by atoms with E-state index in [1.54, 1.807) is 20.0 Å². The molecule has 1 fully saturated rings. The lowest BCUT2D eigenvalue weighted by atomic mass is 9.73. The van der Waals surface area contributed by atoms with Gasteiger partial charge in [-0.2, -0.15) is 0 Å². The molecule has 0 aliphatic carbocycles. The highest BCUT2D eigenvalue weighted by Crippen LogP contribution is 2.20. The number of hydrogen-bond acceptors (Lipinski definition) is 7. The Hall–Kier alpha value is -2.30. The fourth-order valence-electron chi connectivity index (χ4n) is 3.02. The van der Waals surface area contributed by atoms with Crippen molar-refractivity contribution in [1.29, 1.82) is 0 Å². The average molecular weight is 486 g/mol. The first-order chi connectivity index (χ1) is 15.0. The summed E-state index contributed by atoms with van der Waals surface area (Å²) in [6, 6.07) is 3.76. The Morgan fingerprint density at radius 1 is 1.25 bits per heavy atom. The predicted octanol–water partition coefficient (Wildman–Crippen LogP) is 1.70. The second-order valence-corrected chi connectivity index (χ2v) is 8.84. The summed E-state index contributed by atoms with van der Waals surface area (Å²) in [5.74, 6) is -2.99. The maximum absolute atomic E-state index is 12.5. The first-order valence-corrected chi connectivity index (χ1v) is 10.9. The Morgan fingerprint density at radius 3 is 2.59 bits per heavy atom. The SMILES string of the molecule is CC(C)C[C@H](NC(=O)CNC(=O)c1cc(Cl)ccc1Cl)B1OC(=O)CN(C)[C@@H](C)C(=O)O1. The van der Waals surface area contributed by atoms with Crippen LogP contribution in [-0.2, 0) is 23.7 Å². The lowest BCUT2D eigenvalue weighted by Crippen LogP contribution is -2.57. The van der Waals surface area contributed by atoms with E-state index in [2.05, 4.69) is 10.6 Å². The fourth-order valence-corrected chi connectivity index (χ4v) is 3.40. The van der Waals surface area contributed by atoms with Gasteiger partial charge in [-0.05, 0) is 44.5 Å². The van der Waals surface area contributed by atoms with E-state index in [9.17, 15) is 19.2 Å². The number of carbonyl (C=O) groups excluding carboxylic acids is 4. The van der Waals surface area contributed by atoms with Gasteiger partial charge in [-0.1, -0.05) is 37.0 Å². The maximum atomic E-state index is 12.5. The van der Waals surface area contributed by atoms with Gasteiger partial charge in [0.1, 0.15) is 6.04 Å². The molecule has 0 saturated carbocycles. The van der Waals surface area contributed by atoms with Crippen molar-refractivity contribution in [3.05, 3.63) is 33.8 Å². The second-order valence-electron chi connectivity index (χ2n) is 8.00. The molecule has 174 valence electrons. The number of nitrogens with one attached hydrogen (secondary N) is 2. The molecule has 1 saturated heterocycles. The van der Waals surface area contributed by atoms with Gasteiger partial charge in [-0.3, -0.25) is 24.1 Å². The molecule has 2 rings (SSSR count). The molecule has 1 aliphatic heterocycles. The van der Waals surface area contributed by atoms with Crippen molar-refractivity contribution in [2.45, 2.75) is 39.2 Å². The molecule has 0 spiro atoms. The van der Waals surface area contributed by atoms with Crippen LogP contribution in [0, 0.1) is 5.92 Å². The molecular formula is C20H26BCl2N3O6. The number of nitrogens with zero attached hydrogens (tertiary/aromatic N) is 1. The van der Waals surface area contributed by atoms with E-state index < -0.39 is 42.9 Å². The van der Waals surface area contributed by atoms with E-state index >= 15 is 0 Å². The molecule has 0 aromatic heterocycles. The topological polar surface area (TPSA) is 114 Å². The first kappa shape index (κ1) is 26.0. The monoisotopic (exact) mass is 485 g/mol. The smallest absolute Gasteiger partial charge is 0.497 e. The van der Waals surface area contributed by atoms with Gasteiger partial charge in [0.25, 0.3) is 5.91 Å². The molecule has 2 atom stereocenters. The van der Waals surface area contributed by atoms with Crippen LogP contribution in [0.1, 0.15) is 37.6 Å². The Balaban J connectivity index is 2.06. The van der Waals surface area contributed by atoms with Crippen LogP contribution in [-0.4, -0.2) is 67.9 Å². The Kier molecular flexibility index (Phi) is 9.36. The molecule has 12 heteroatoms. The molecule has 2 amide bonds. The molecule has 0 bridgehead atoms. The number of hydrogen-bond donors (Lipinski definition) is 2. The quantitative estimate of drug-likeness (QED) is 0.565. The summed E-state index contributed by atoms with van der Waals surface area (Å²) in [7, 11) is 0.325. The second kappa shape index (κ2) is 11.5. The zero-order valence-electron chi connectivity index (χ0n) is 18.3. The Bertz CT molecular complexity index is 885. The van der Waals surface area contributed by atoms with Gasteiger partial charge < -0.3 is 19.9 Å². The Morgan fingerprint density at radius 2 is 1.94 bits per heavy atom. The Labute approximate surface area is 197 Å². The van der Waals surface area contributed by atoms with Gasteiger partial charge in [0.05, 0.1) is 29.6 Å². The number of likely N-dealkylation sites (N-methyl/N-ethyl adjacent to an activating group) is 1. The van der Waals surface area contributed by atoms with Gasteiger partial charge in [0.2, 0.25) is 5.91 Å². The molecule has 0 radical (unpaired) electrons. The zero-order valence-corrected chi connectivity index (χ0v) is 19.8. The minimum Gasteiger partial charge on any atom is -0.497 e. The summed E-state index contributed by atoms with van der Waals surface area (Å²) >= 11 is 11.9. The summed E-state index contributed by atoms with van der Waals surface area (Å²) in [4.78, 5) is 50.9. The van der Waals surface area contributed by atoms with E-state index in [-0.39, 0.29) is 29.6 Å². The van der Waals surface area contributed by atoms with E-state index in [1.807, 2.05) is 13.8 Å². The van der Waals surface area contributed by atoms with Crippen molar-refractivity contribution >= 4 is 54.1 Å². The lowest BCUT2D eigenvalue weighted by molar-refractivity contribution is -0.150. The fraction of sp³-hybridized carbons (Fsp3) is 0.500. The van der Waals surface area contributed by atoms with Crippen molar-refractivity contribution in [2.75, 3.05) is 20.1 Å². The van der Waals surface area contributed by atoms with Crippen LogP contribution >= 0.6 is 23.2 Å². The summed E-state index contributed by atoms with van der Waals surface area (Å²) in [6.45, 7) is 4.97. The van der Waals surface area contributed by atoms with Crippen LogP contribution in [0.2, 0.25) is 10.0 Å². The average Bonchev–Trinajstić information content (AvgIpc) is 2.71. The third-order valence-corrected chi connectivity index (χ3v) is 5.41. The van der Waals surface area contributed by atoms with Crippen molar-refractivity contribution in [3.63, 3.8) is 0 Å². The van der Waals surface area contributed by atoms with Crippen LogP contribution in [0.5, 0.6) is 0 Å². The normalized spacial score (nSPS) is 18.3. The maximum Gasteiger partial charge on any atom is 0.622 e. The molecule has 1 aromatic carbocycles. The highest BCUT2D eigenvalue weighted by atomic mass is 35.5. The number of benzene rings is 1. The van der Waals surface area contributed by atoms with Gasteiger partial charge in [0, 0.05) is 5.02 Å². The van der Waals surface area contributed by atoms with E-state index in [0.29, 0.717) is 11.4 Å². The van der Waals surface area contributed by atoms with Crippen molar-refractivity contribution in [2.24, 2.45) is 5.92 Å².